The van der Waals surface area contributed by atoms with Crippen molar-refractivity contribution in [1.29, 1.82) is 0 Å². The van der Waals surface area contributed by atoms with Crippen molar-refractivity contribution in [2.75, 3.05) is 32.1 Å². The van der Waals surface area contributed by atoms with Gasteiger partial charge < -0.3 is 19.7 Å². The van der Waals surface area contributed by atoms with Crippen LogP contribution in [0.3, 0.4) is 0 Å². The molecule has 2 aromatic carbocycles. The number of urea groups is 1. The van der Waals surface area contributed by atoms with E-state index in [9.17, 15) is 18.0 Å². The summed E-state index contributed by atoms with van der Waals surface area (Å²) in [5.41, 5.74) is 1.55. The summed E-state index contributed by atoms with van der Waals surface area (Å²) in [6.07, 6.45) is -2.74. The zero-order valence-corrected chi connectivity index (χ0v) is 20.7. The molecule has 198 valence electrons. The lowest BCUT2D eigenvalue weighted by Gasteiger charge is -2.28. The number of aromatic nitrogens is 2. The molecule has 0 unspecified atom stereocenters. The lowest BCUT2D eigenvalue weighted by atomic mass is 9.98. The molecule has 1 aromatic heterocycles. The lowest BCUT2D eigenvalue weighted by molar-refractivity contribution is -0.274. The largest absolute Gasteiger partial charge is 0.573 e. The fourth-order valence-electron chi connectivity index (χ4n) is 4.14. The minimum atomic E-state index is -4.83. The molecule has 0 atom stereocenters. The molecule has 0 saturated carbocycles. The van der Waals surface area contributed by atoms with Gasteiger partial charge in [-0.3, -0.25) is 5.32 Å². The summed E-state index contributed by atoms with van der Waals surface area (Å²) in [5.74, 6) is 0.880. The molecule has 4 rings (SSSR count). The predicted molar refractivity (Wildman–Crippen MR) is 133 cm³/mol. The SMILES string of the molecule is Cc1c(OCC2CCN(C)CC2)nn(-c2ccccc2)c1NC(=O)NCc1ccccc1OC(F)(F)F. The molecule has 1 fully saturated rings. The molecule has 11 heteroatoms. The van der Waals surface area contributed by atoms with Crippen LogP contribution in [0.25, 0.3) is 5.69 Å². The smallest absolute Gasteiger partial charge is 0.476 e. The number of alkyl halides is 3. The van der Waals surface area contributed by atoms with Crippen molar-refractivity contribution in [1.82, 2.24) is 20.0 Å². The summed E-state index contributed by atoms with van der Waals surface area (Å²) < 4.78 is 49.9. The van der Waals surface area contributed by atoms with E-state index in [0.717, 1.165) is 31.6 Å². The van der Waals surface area contributed by atoms with Crippen molar-refractivity contribution in [3.05, 3.63) is 65.7 Å². The highest BCUT2D eigenvalue weighted by Crippen LogP contribution is 2.30. The number of carbonyl (C=O) groups excluding carboxylic acids is 1. The molecule has 1 aliphatic heterocycles. The predicted octanol–water partition coefficient (Wildman–Crippen LogP) is 5.12. The van der Waals surface area contributed by atoms with Crippen LogP contribution in [0.2, 0.25) is 0 Å². The lowest BCUT2D eigenvalue weighted by Crippen LogP contribution is -2.32. The Morgan fingerprint density at radius 1 is 1.08 bits per heavy atom. The second kappa shape index (κ2) is 11.5. The summed E-state index contributed by atoms with van der Waals surface area (Å²) in [6, 6.07) is 14.3. The normalized spacial score (nSPS) is 14.8. The van der Waals surface area contributed by atoms with Gasteiger partial charge in [0.15, 0.2) is 0 Å². The molecule has 2 N–H and O–H groups in total. The molecular formula is C26H30F3N5O3. The second-order valence-electron chi connectivity index (χ2n) is 9.05. The maximum absolute atomic E-state index is 12.8. The summed E-state index contributed by atoms with van der Waals surface area (Å²) in [6.45, 7) is 4.21. The average Bonchev–Trinajstić information content (AvgIpc) is 3.17. The number of halogens is 3. The first-order valence-corrected chi connectivity index (χ1v) is 12.0. The highest BCUT2D eigenvalue weighted by Gasteiger charge is 2.32. The first kappa shape index (κ1) is 26.3. The Labute approximate surface area is 213 Å². The summed E-state index contributed by atoms with van der Waals surface area (Å²) in [5, 5.41) is 9.97. The standard InChI is InChI=1S/C26H30F3N5O3/c1-18-23(31-25(35)30-16-20-8-6-7-11-22(20)37-26(27,28)29)34(21-9-4-3-5-10-21)32-24(18)36-17-19-12-14-33(2)15-13-19/h3-11,19H,12-17H2,1-2H3,(H2,30,31,35). The number of nitrogens with one attached hydrogen (secondary N) is 2. The summed E-state index contributed by atoms with van der Waals surface area (Å²) in [7, 11) is 2.10. The van der Waals surface area contributed by atoms with Crippen LogP contribution in [0.15, 0.2) is 54.6 Å². The third kappa shape index (κ3) is 7.16. The van der Waals surface area contributed by atoms with E-state index in [4.69, 9.17) is 4.74 Å². The third-order valence-electron chi connectivity index (χ3n) is 6.24. The number of hydrogen-bond donors (Lipinski definition) is 2. The number of anilines is 1. The van der Waals surface area contributed by atoms with E-state index in [1.807, 2.05) is 30.3 Å². The number of likely N-dealkylation sites (tertiary alicyclic amines) is 1. The molecule has 0 radical (unpaired) electrons. The minimum Gasteiger partial charge on any atom is -0.476 e. The Morgan fingerprint density at radius 3 is 2.46 bits per heavy atom. The molecule has 1 aliphatic rings. The Balaban J connectivity index is 1.47. The van der Waals surface area contributed by atoms with Crippen molar-refractivity contribution >= 4 is 11.8 Å². The molecule has 3 aromatic rings. The first-order valence-electron chi connectivity index (χ1n) is 12.0. The topological polar surface area (TPSA) is 80.7 Å². The van der Waals surface area contributed by atoms with E-state index in [1.54, 1.807) is 17.7 Å². The van der Waals surface area contributed by atoms with Crippen LogP contribution in [-0.4, -0.2) is 53.8 Å². The van der Waals surface area contributed by atoms with Crippen molar-refractivity contribution < 1.29 is 27.4 Å². The molecule has 1 saturated heterocycles. The monoisotopic (exact) mass is 517 g/mol. The zero-order valence-electron chi connectivity index (χ0n) is 20.7. The molecule has 8 nitrogen and oxygen atoms in total. The number of amides is 2. The van der Waals surface area contributed by atoms with Crippen molar-refractivity contribution in [3.8, 4) is 17.3 Å². The summed E-state index contributed by atoms with van der Waals surface area (Å²) in [4.78, 5) is 15.1. The minimum absolute atomic E-state index is 0.171. The molecule has 2 amide bonds. The number of carbonyl (C=O) groups is 1. The van der Waals surface area contributed by atoms with Crippen LogP contribution in [-0.2, 0) is 6.54 Å². The average molecular weight is 518 g/mol. The fraction of sp³-hybridized carbons (Fsp3) is 0.385. The van der Waals surface area contributed by atoms with E-state index in [0.29, 0.717) is 29.8 Å². The van der Waals surface area contributed by atoms with Gasteiger partial charge in [-0.25, -0.2) is 9.48 Å². The van der Waals surface area contributed by atoms with Crippen molar-refractivity contribution in [3.63, 3.8) is 0 Å². The molecule has 0 spiro atoms. The van der Waals surface area contributed by atoms with E-state index < -0.39 is 12.4 Å². The van der Waals surface area contributed by atoms with Gasteiger partial charge in [0.1, 0.15) is 11.6 Å². The highest BCUT2D eigenvalue weighted by atomic mass is 19.4. The van der Waals surface area contributed by atoms with Gasteiger partial charge in [-0.15, -0.1) is 18.3 Å². The second-order valence-corrected chi connectivity index (χ2v) is 9.05. The Bertz CT molecular complexity index is 1190. The molecule has 0 aliphatic carbocycles. The van der Waals surface area contributed by atoms with Gasteiger partial charge in [0.25, 0.3) is 0 Å². The van der Waals surface area contributed by atoms with E-state index in [1.165, 1.54) is 18.2 Å². The Hall–Kier alpha value is -3.73. The fourth-order valence-corrected chi connectivity index (χ4v) is 4.14. The van der Waals surface area contributed by atoms with Crippen LogP contribution in [0.1, 0.15) is 24.0 Å². The molecule has 0 bridgehead atoms. The third-order valence-corrected chi connectivity index (χ3v) is 6.24. The number of benzene rings is 2. The number of para-hydroxylation sites is 2. The Kier molecular flexibility index (Phi) is 8.22. The number of piperidine rings is 1. The van der Waals surface area contributed by atoms with Crippen LogP contribution < -0.4 is 20.1 Å². The van der Waals surface area contributed by atoms with Crippen LogP contribution in [0.5, 0.6) is 11.6 Å². The highest BCUT2D eigenvalue weighted by molar-refractivity contribution is 5.89. The maximum Gasteiger partial charge on any atom is 0.573 e. The van der Waals surface area contributed by atoms with Crippen LogP contribution in [0.4, 0.5) is 23.8 Å². The van der Waals surface area contributed by atoms with E-state index in [2.05, 4.69) is 32.4 Å². The van der Waals surface area contributed by atoms with Crippen LogP contribution >= 0.6 is 0 Å². The first-order chi connectivity index (χ1) is 17.7. The van der Waals surface area contributed by atoms with Crippen molar-refractivity contribution in [2.24, 2.45) is 5.92 Å². The summed E-state index contributed by atoms with van der Waals surface area (Å²) >= 11 is 0. The maximum atomic E-state index is 12.8. The molecule has 37 heavy (non-hydrogen) atoms. The van der Waals surface area contributed by atoms with Gasteiger partial charge in [0.2, 0.25) is 5.88 Å². The molecular weight excluding hydrogens is 487 g/mol. The number of hydrogen-bond acceptors (Lipinski definition) is 5. The zero-order chi connectivity index (χ0) is 26.4. The quantitative estimate of drug-likeness (QED) is 0.434. The Morgan fingerprint density at radius 2 is 1.76 bits per heavy atom. The van der Waals surface area contributed by atoms with E-state index >= 15 is 0 Å². The van der Waals surface area contributed by atoms with E-state index in [-0.39, 0.29) is 17.9 Å². The van der Waals surface area contributed by atoms with Crippen LogP contribution in [0, 0.1) is 12.8 Å². The number of ether oxygens (including phenoxy) is 2. The van der Waals surface area contributed by atoms with Gasteiger partial charge in [-0.1, -0.05) is 36.4 Å². The number of nitrogens with zero attached hydrogens (tertiary/aromatic N) is 3. The molecule has 2 heterocycles. The number of rotatable bonds is 8. The van der Waals surface area contributed by atoms with Gasteiger partial charge in [-0.05, 0) is 64.0 Å². The van der Waals surface area contributed by atoms with Crippen molar-refractivity contribution in [2.45, 2.75) is 32.7 Å². The van der Waals surface area contributed by atoms with Gasteiger partial charge in [0.05, 0.1) is 17.9 Å². The van der Waals surface area contributed by atoms with Gasteiger partial charge >= 0.3 is 12.4 Å². The van der Waals surface area contributed by atoms with Gasteiger partial charge in [0, 0.05) is 12.1 Å². The van der Waals surface area contributed by atoms with Gasteiger partial charge in [-0.2, -0.15) is 0 Å².